The third-order valence-electron chi connectivity index (χ3n) is 3.48. The average molecular weight is 280 g/mol. The summed E-state index contributed by atoms with van der Waals surface area (Å²) in [7, 11) is 0. The van der Waals surface area contributed by atoms with Crippen LogP contribution in [0.15, 0.2) is 54.6 Å². The Labute approximate surface area is 128 Å². The van der Waals surface area contributed by atoms with Crippen LogP contribution in [0.5, 0.6) is 5.75 Å². The fraction of sp³-hybridized carbons (Fsp3) is 0.300. The van der Waals surface area contributed by atoms with Gasteiger partial charge in [0.25, 0.3) is 0 Å². The third kappa shape index (κ3) is 5.11. The van der Waals surface area contributed by atoms with Crippen LogP contribution in [-0.2, 0) is 13.0 Å². The molecule has 0 spiro atoms. The van der Waals surface area contributed by atoms with Crippen LogP contribution >= 0.6 is 0 Å². The van der Waals surface area contributed by atoms with Crippen molar-refractivity contribution in [1.29, 1.82) is 0 Å². The second-order valence-corrected chi connectivity index (χ2v) is 5.22. The van der Waals surface area contributed by atoms with Gasteiger partial charge >= 0.3 is 0 Å². The van der Waals surface area contributed by atoms with E-state index in [1.807, 2.05) is 12.1 Å². The van der Waals surface area contributed by atoms with Crippen LogP contribution in [-0.4, -0.2) is 0 Å². The van der Waals surface area contributed by atoms with Crippen LogP contribution in [0.3, 0.4) is 0 Å². The van der Waals surface area contributed by atoms with E-state index in [4.69, 9.17) is 4.74 Å². The fourth-order valence-electron chi connectivity index (χ4n) is 2.10. The van der Waals surface area contributed by atoms with Crippen molar-refractivity contribution >= 4 is 6.08 Å². The molecule has 21 heavy (non-hydrogen) atoms. The molecule has 0 saturated carbocycles. The molecule has 0 amide bonds. The number of unbranched alkanes of at least 4 members (excludes halogenated alkanes) is 1. The number of hydrogen-bond acceptors (Lipinski definition) is 1. The van der Waals surface area contributed by atoms with Crippen LogP contribution in [0.25, 0.3) is 6.08 Å². The molecular formula is C20H24O. The maximum Gasteiger partial charge on any atom is 0.119 e. The van der Waals surface area contributed by atoms with E-state index in [0.717, 1.165) is 18.6 Å². The van der Waals surface area contributed by atoms with Crippen molar-refractivity contribution < 1.29 is 4.74 Å². The zero-order valence-corrected chi connectivity index (χ0v) is 13.0. The molecule has 2 aromatic carbocycles. The fourth-order valence-corrected chi connectivity index (χ4v) is 2.10. The summed E-state index contributed by atoms with van der Waals surface area (Å²) in [5, 5.41) is 0. The molecule has 0 aliphatic rings. The van der Waals surface area contributed by atoms with E-state index in [-0.39, 0.29) is 0 Å². The predicted octanol–water partition coefficient (Wildman–Crippen LogP) is 5.64. The van der Waals surface area contributed by atoms with Gasteiger partial charge in [-0.3, -0.25) is 0 Å². The number of allylic oxidation sites excluding steroid dienone is 1. The summed E-state index contributed by atoms with van der Waals surface area (Å²) in [6, 6.07) is 16.9. The Kier molecular flexibility index (Phi) is 6.08. The Morgan fingerprint density at radius 2 is 1.52 bits per heavy atom. The summed E-state index contributed by atoms with van der Waals surface area (Å²) in [5.74, 6) is 0.930. The SMILES string of the molecule is CCC/C=C/c1ccc(COc2ccc(CC)cc2)cc1. The van der Waals surface area contributed by atoms with Gasteiger partial charge in [-0.05, 0) is 41.7 Å². The van der Waals surface area contributed by atoms with E-state index in [2.05, 4.69) is 62.4 Å². The number of aryl methyl sites for hydroxylation is 1. The lowest BCUT2D eigenvalue weighted by Gasteiger charge is -2.07. The Balaban J connectivity index is 1.87. The van der Waals surface area contributed by atoms with Crippen molar-refractivity contribution in [3.63, 3.8) is 0 Å². The monoisotopic (exact) mass is 280 g/mol. The molecule has 0 heterocycles. The smallest absolute Gasteiger partial charge is 0.119 e. The number of ether oxygens (including phenoxy) is 1. The maximum absolute atomic E-state index is 5.81. The Hall–Kier alpha value is -2.02. The molecule has 2 rings (SSSR count). The van der Waals surface area contributed by atoms with Gasteiger partial charge in [0.2, 0.25) is 0 Å². The maximum atomic E-state index is 5.81. The van der Waals surface area contributed by atoms with Gasteiger partial charge < -0.3 is 4.74 Å². The molecule has 0 radical (unpaired) electrons. The van der Waals surface area contributed by atoms with E-state index >= 15 is 0 Å². The summed E-state index contributed by atoms with van der Waals surface area (Å²) in [4.78, 5) is 0. The van der Waals surface area contributed by atoms with Crippen molar-refractivity contribution in [2.24, 2.45) is 0 Å². The highest BCUT2D eigenvalue weighted by atomic mass is 16.5. The highest BCUT2D eigenvalue weighted by Crippen LogP contribution is 2.15. The van der Waals surface area contributed by atoms with Crippen LogP contribution < -0.4 is 4.74 Å². The molecular weight excluding hydrogens is 256 g/mol. The molecule has 0 aliphatic carbocycles. The first-order chi connectivity index (χ1) is 10.3. The number of rotatable bonds is 7. The van der Waals surface area contributed by atoms with Crippen LogP contribution in [0, 0.1) is 0 Å². The summed E-state index contributed by atoms with van der Waals surface area (Å²) >= 11 is 0. The van der Waals surface area contributed by atoms with Crippen LogP contribution in [0.2, 0.25) is 0 Å². The molecule has 0 atom stereocenters. The molecule has 1 heteroatoms. The molecule has 0 unspecified atom stereocenters. The van der Waals surface area contributed by atoms with Gasteiger partial charge in [-0.15, -0.1) is 0 Å². The molecule has 0 aliphatic heterocycles. The molecule has 110 valence electrons. The van der Waals surface area contributed by atoms with Gasteiger partial charge in [-0.25, -0.2) is 0 Å². The molecule has 1 nitrogen and oxygen atoms in total. The van der Waals surface area contributed by atoms with E-state index in [1.165, 1.54) is 23.1 Å². The van der Waals surface area contributed by atoms with Gasteiger partial charge in [0.05, 0.1) is 0 Å². The standard InChI is InChI=1S/C20H24O/c1-3-5-6-7-18-8-10-19(11-9-18)16-21-20-14-12-17(4-2)13-15-20/h6-15H,3-5,16H2,1-2H3/b7-6+. The van der Waals surface area contributed by atoms with Crippen molar-refractivity contribution in [3.05, 3.63) is 71.3 Å². The van der Waals surface area contributed by atoms with Gasteiger partial charge in [-0.1, -0.05) is 68.8 Å². The van der Waals surface area contributed by atoms with Crippen LogP contribution in [0.4, 0.5) is 0 Å². The quantitative estimate of drug-likeness (QED) is 0.637. The minimum atomic E-state index is 0.616. The van der Waals surface area contributed by atoms with E-state index in [9.17, 15) is 0 Å². The zero-order valence-electron chi connectivity index (χ0n) is 13.0. The summed E-state index contributed by atoms with van der Waals surface area (Å²) in [6.45, 7) is 4.97. The minimum absolute atomic E-state index is 0.616. The normalized spacial score (nSPS) is 11.0. The zero-order chi connectivity index (χ0) is 14.9. The Morgan fingerprint density at radius 1 is 0.857 bits per heavy atom. The van der Waals surface area contributed by atoms with Gasteiger partial charge in [-0.2, -0.15) is 0 Å². The first-order valence-electron chi connectivity index (χ1n) is 7.79. The van der Waals surface area contributed by atoms with Gasteiger partial charge in [0.1, 0.15) is 12.4 Å². The van der Waals surface area contributed by atoms with Crippen molar-refractivity contribution in [1.82, 2.24) is 0 Å². The molecule has 0 bridgehead atoms. The second-order valence-electron chi connectivity index (χ2n) is 5.22. The van der Waals surface area contributed by atoms with Crippen molar-refractivity contribution in [3.8, 4) is 5.75 Å². The topological polar surface area (TPSA) is 9.23 Å². The molecule has 0 aromatic heterocycles. The minimum Gasteiger partial charge on any atom is -0.489 e. The van der Waals surface area contributed by atoms with E-state index < -0.39 is 0 Å². The lowest BCUT2D eigenvalue weighted by atomic mass is 10.1. The first-order valence-corrected chi connectivity index (χ1v) is 7.79. The lowest BCUT2D eigenvalue weighted by molar-refractivity contribution is 0.306. The largest absolute Gasteiger partial charge is 0.489 e. The first kappa shape index (κ1) is 15.4. The van der Waals surface area contributed by atoms with E-state index in [0.29, 0.717) is 6.61 Å². The van der Waals surface area contributed by atoms with E-state index in [1.54, 1.807) is 0 Å². The number of benzene rings is 2. The Bertz CT molecular complexity index is 549. The van der Waals surface area contributed by atoms with Gasteiger partial charge in [0, 0.05) is 0 Å². The molecule has 0 saturated heterocycles. The second kappa shape index (κ2) is 8.31. The molecule has 2 aromatic rings. The Morgan fingerprint density at radius 3 is 2.14 bits per heavy atom. The lowest BCUT2D eigenvalue weighted by Crippen LogP contribution is -1.95. The third-order valence-corrected chi connectivity index (χ3v) is 3.48. The average Bonchev–Trinajstić information content (AvgIpc) is 2.55. The highest BCUT2D eigenvalue weighted by Gasteiger charge is 1.97. The summed E-state index contributed by atoms with van der Waals surface area (Å²) < 4.78 is 5.81. The molecule has 0 fully saturated rings. The summed E-state index contributed by atoms with van der Waals surface area (Å²) in [6.07, 6.45) is 7.80. The molecule has 0 N–H and O–H groups in total. The summed E-state index contributed by atoms with van der Waals surface area (Å²) in [5.41, 5.74) is 3.78. The van der Waals surface area contributed by atoms with Crippen LogP contribution in [0.1, 0.15) is 43.4 Å². The number of hydrogen-bond donors (Lipinski definition) is 0. The van der Waals surface area contributed by atoms with Gasteiger partial charge in [0.15, 0.2) is 0 Å². The van der Waals surface area contributed by atoms with Crippen molar-refractivity contribution in [2.45, 2.75) is 39.7 Å². The van der Waals surface area contributed by atoms with Crippen molar-refractivity contribution in [2.75, 3.05) is 0 Å². The highest BCUT2D eigenvalue weighted by molar-refractivity contribution is 5.49. The predicted molar refractivity (Wildman–Crippen MR) is 90.5 cm³/mol.